The monoisotopic (exact) mass is 592 g/mol. The number of rotatable bonds is 8. The van der Waals surface area contributed by atoms with Gasteiger partial charge in [0.25, 0.3) is 0 Å². The van der Waals surface area contributed by atoms with Crippen molar-refractivity contribution in [2.75, 3.05) is 0 Å². The van der Waals surface area contributed by atoms with Crippen LogP contribution < -0.4 is 0 Å². The van der Waals surface area contributed by atoms with E-state index in [0.717, 1.165) is 30.0 Å². The molecule has 0 fully saturated rings. The molecule has 0 saturated carbocycles. The van der Waals surface area contributed by atoms with E-state index in [1.54, 1.807) is 42.5 Å². The summed E-state index contributed by atoms with van der Waals surface area (Å²) >= 11 is 0. The van der Waals surface area contributed by atoms with Gasteiger partial charge in [0.1, 0.15) is 0 Å². The number of carbonyl (C=O) groups is 4. The Labute approximate surface area is 248 Å². The summed E-state index contributed by atoms with van der Waals surface area (Å²) in [6, 6.07) is 5.19. The minimum Gasteiger partial charge on any atom is -0.478 e. The molecular formula is C32H24N4O8. The van der Waals surface area contributed by atoms with Gasteiger partial charge < -0.3 is 30.4 Å². The zero-order chi connectivity index (χ0) is 31.4. The first-order valence-electron chi connectivity index (χ1n) is 13.1. The fourth-order valence-corrected chi connectivity index (χ4v) is 4.89. The molecule has 0 radical (unpaired) electrons. The summed E-state index contributed by atoms with van der Waals surface area (Å²) in [5, 5.41) is 37.3. The van der Waals surface area contributed by atoms with Gasteiger partial charge in [0.15, 0.2) is 0 Å². The van der Waals surface area contributed by atoms with Crippen LogP contribution >= 0.6 is 0 Å². The second-order valence-corrected chi connectivity index (χ2v) is 9.77. The van der Waals surface area contributed by atoms with E-state index in [-0.39, 0.29) is 5.92 Å². The number of aromatic amines is 2. The number of hydrogen-bond donors (Lipinski definition) is 6. The molecule has 44 heavy (non-hydrogen) atoms. The number of carboxylic acids is 4. The first-order valence-corrected chi connectivity index (χ1v) is 13.1. The summed E-state index contributed by atoms with van der Waals surface area (Å²) in [4.78, 5) is 61.5. The van der Waals surface area contributed by atoms with Crippen LogP contribution in [-0.4, -0.2) is 64.2 Å². The molecule has 8 bridgehead atoms. The molecular weight excluding hydrogens is 568 g/mol. The van der Waals surface area contributed by atoms with Crippen LogP contribution in [0.3, 0.4) is 0 Å². The molecule has 1 atom stereocenters. The number of aromatic nitrogens is 4. The molecule has 3 aliphatic heterocycles. The average molecular weight is 593 g/mol. The molecule has 5 rings (SSSR count). The Morgan fingerprint density at radius 3 is 1.89 bits per heavy atom. The van der Waals surface area contributed by atoms with Crippen LogP contribution in [-0.2, 0) is 25.6 Å². The smallest absolute Gasteiger partial charge is 0.328 e. The Bertz CT molecular complexity index is 1970. The van der Waals surface area contributed by atoms with Gasteiger partial charge in [-0.25, -0.2) is 29.1 Å². The molecule has 0 amide bonds. The summed E-state index contributed by atoms with van der Waals surface area (Å²) < 4.78 is 0. The predicted molar refractivity (Wildman–Crippen MR) is 163 cm³/mol. The maximum Gasteiger partial charge on any atom is 0.328 e. The lowest BCUT2D eigenvalue weighted by molar-refractivity contribution is -0.132. The maximum atomic E-state index is 11.5. The molecule has 2 aromatic rings. The average Bonchev–Trinajstić information content (AvgIpc) is 3.75. The van der Waals surface area contributed by atoms with E-state index in [9.17, 15) is 39.6 Å². The highest BCUT2D eigenvalue weighted by molar-refractivity contribution is 5.97. The predicted octanol–water partition coefficient (Wildman–Crippen LogP) is 4.64. The lowest BCUT2D eigenvalue weighted by Gasteiger charge is -2.02. The first kappa shape index (κ1) is 29.2. The molecule has 2 aromatic heterocycles. The lowest BCUT2D eigenvalue weighted by atomic mass is 10.0. The van der Waals surface area contributed by atoms with Crippen LogP contribution in [0.25, 0.3) is 53.6 Å². The molecule has 6 N–H and O–H groups in total. The Morgan fingerprint density at radius 2 is 1.25 bits per heavy atom. The van der Waals surface area contributed by atoms with Gasteiger partial charge in [0, 0.05) is 63.8 Å². The molecule has 0 saturated heterocycles. The van der Waals surface area contributed by atoms with Gasteiger partial charge in [0.2, 0.25) is 0 Å². The number of H-pyrrole nitrogens is 2. The van der Waals surface area contributed by atoms with Crippen molar-refractivity contribution in [3.05, 3.63) is 99.4 Å². The van der Waals surface area contributed by atoms with Gasteiger partial charge in [-0.15, -0.1) is 0 Å². The normalized spacial score (nSPS) is 15.1. The van der Waals surface area contributed by atoms with Crippen molar-refractivity contribution >= 4 is 77.4 Å². The Balaban J connectivity index is 1.93. The quantitative estimate of drug-likeness (QED) is 0.156. The second-order valence-electron chi connectivity index (χ2n) is 9.77. The topological polar surface area (TPSA) is 207 Å². The van der Waals surface area contributed by atoms with Crippen LogP contribution in [0.1, 0.15) is 56.8 Å². The third kappa shape index (κ3) is 6.77. The van der Waals surface area contributed by atoms with E-state index in [1.165, 1.54) is 18.2 Å². The van der Waals surface area contributed by atoms with Gasteiger partial charge in [-0.05, 0) is 67.2 Å². The molecule has 12 heteroatoms. The van der Waals surface area contributed by atoms with Crippen molar-refractivity contribution in [3.63, 3.8) is 0 Å². The minimum absolute atomic E-state index is 0.308. The largest absolute Gasteiger partial charge is 0.478 e. The number of nitrogens with zero attached hydrogens (tertiary/aromatic N) is 2. The zero-order valence-electron chi connectivity index (χ0n) is 22.8. The van der Waals surface area contributed by atoms with E-state index < -0.39 is 23.9 Å². The zero-order valence-corrected chi connectivity index (χ0v) is 22.8. The van der Waals surface area contributed by atoms with Crippen LogP contribution in [0.2, 0.25) is 0 Å². The molecule has 3 aliphatic rings. The van der Waals surface area contributed by atoms with E-state index in [0.29, 0.717) is 62.6 Å². The maximum absolute atomic E-state index is 11.5. The van der Waals surface area contributed by atoms with Crippen LogP contribution in [0.4, 0.5) is 0 Å². The van der Waals surface area contributed by atoms with E-state index in [4.69, 9.17) is 0 Å². The highest BCUT2D eigenvalue weighted by atomic mass is 16.4. The number of carboxylic acid groups (broad SMARTS) is 4. The number of hydrogen-bond acceptors (Lipinski definition) is 6. The van der Waals surface area contributed by atoms with Crippen molar-refractivity contribution in [2.24, 2.45) is 0 Å². The van der Waals surface area contributed by atoms with E-state index >= 15 is 0 Å². The molecule has 0 aromatic carbocycles. The van der Waals surface area contributed by atoms with Crippen molar-refractivity contribution < 1.29 is 39.6 Å². The van der Waals surface area contributed by atoms with Gasteiger partial charge in [-0.3, -0.25) is 0 Å². The van der Waals surface area contributed by atoms with Crippen molar-refractivity contribution in [1.82, 2.24) is 19.9 Å². The standard InChI is InChI=1S/C32H24N4O8/c37-28(38)9-1-17-13-21-15-19-3-7-24(33-19)22(5-11-30(41)42)27-14-18(2-10-29(39)40)32(36-27)23(6-12-31(43)44)25-8-4-20(34-25)16-26(17)35-21/h1-12,14-17,35-36H,13H2,(H,37,38)(H,39,40)(H,41,42)(H,43,44)/b9-1+,10-2+,11-5+,12-6+,21-15?,24-22?,25-23?,26-16?. The van der Waals surface area contributed by atoms with Gasteiger partial charge in [0.05, 0.1) is 28.3 Å². The van der Waals surface area contributed by atoms with Gasteiger partial charge in [-0.2, -0.15) is 0 Å². The summed E-state index contributed by atoms with van der Waals surface area (Å²) in [5.41, 5.74) is 5.07. The Morgan fingerprint density at radius 1 is 0.682 bits per heavy atom. The first-order chi connectivity index (χ1) is 21.0. The van der Waals surface area contributed by atoms with E-state index in [2.05, 4.69) is 19.9 Å². The van der Waals surface area contributed by atoms with Crippen LogP contribution in [0.5, 0.6) is 0 Å². The number of nitrogens with one attached hydrogen (secondary N) is 2. The third-order valence-corrected chi connectivity index (χ3v) is 6.71. The molecule has 5 heterocycles. The van der Waals surface area contributed by atoms with E-state index in [1.807, 2.05) is 6.07 Å². The number of allylic oxidation sites excluding steroid dienone is 1. The fraction of sp³-hybridized carbons (Fsp3) is 0.0625. The van der Waals surface area contributed by atoms with Gasteiger partial charge in [-0.1, -0.05) is 6.08 Å². The second kappa shape index (κ2) is 12.3. The van der Waals surface area contributed by atoms with Crippen LogP contribution in [0, 0.1) is 0 Å². The summed E-state index contributed by atoms with van der Waals surface area (Å²) in [7, 11) is 0. The highest BCUT2D eigenvalue weighted by Gasteiger charge is 2.19. The lowest BCUT2D eigenvalue weighted by Crippen LogP contribution is -1.95. The van der Waals surface area contributed by atoms with Crippen molar-refractivity contribution in [1.29, 1.82) is 0 Å². The highest BCUT2D eigenvalue weighted by Crippen LogP contribution is 2.30. The summed E-state index contributed by atoms with van der Waals surface area (Å²) in [5.74, 6) is -5.02. The van der Waals surface area contributed by atoms with Crippen LogP contribution in [0.15, 0.2) is 48.6 Å². The minimum atomic E-state index is -1.22. The molecule has 1 unspecified atom stereocenters. The molecule has 0 aliphatic carbocycles. The fourth-order valence-electron chi connectivity index (χ4n) is 4.89. The number of fused-ring (bicyclic) bond motifs is 8. The Kier molecular flexibility index (Phi) is 8.15. The Hall–Kier alpha value is -6.30. The molecule has 12 nitrogen and oxygen atoms in total. The number of aliphatic carboxylic acids is 4. The summed E-state index contributed by atoms with van der Waals surface area (Å²) in [6.07, 6.45) is 16.8. The molecule has 220 valence electrons. The van der Waals surface area contributed by atoms with Gasteiger partial charge >= 0.3 is 23.9 Å². The summed E-state index contributed by atoms with van der Waals surface area (Å²) in [6.45, 7) is 0. The third-order valence-electron chi connectivity index (χ3n) is 6.71. The molecule has 0 spiro atoms. The van der Waals surface area contributed by atoms with Crippen molar-refractivity contribution in [2.45, 2.75) is 12.3 Å². The SMILES string of the molecule is O=C(O)/C=C/c1c2nc(cc3[nH]c(cc4nc(c(/C=C/C(=O)O)c5[nH]c1cc5/C=C/C(=O)O)C=C4)C(/C=C/C(=O)O)C3)C=C2. The van der Waals surface area contributed by atoms with Crippen molar-refractivity contribution in [3.8, 4) is 0 Å².